The molecule has 0 radical (unpaired) electrons. The van der Waals surface area contributed by atoms with Crippen LogP contribution in [0.3, 0.4) is 0 Å². The number of nitrogens with two attached hydrogens (primary N) is 1. The zero-order valence-electron chi connectivity index (χ0n) is 15.7. The predicted octanol–water partition coefficient (Wildman–Crippen LogP) is 1.42. The van der Waals surface area contributed by atoms with Crippen LogP contribution in [-0.4, -0.2) is 50.4 Å². The van der Waals surface area contributed by atoms with Crippen molar-refractivity contribution in [2.24, 2.45) is 5.14 Å². The van der Waals surface area contributed by atoms with Gasteiger partial charge in [0.25, 0.3) is 22.4 Å². The first-order chi connectivity index (χ1) is 14.0. The maximum absolute atomic E-state index is 14.1. The summed E-state index contributed by atoms with van der Waals surface area (Å²) < 4.78 is 56.5. The highest BCUT2D eigenvalue weighted by Gasteiger charge is 2.48. The molecule has 1 saturated heterocycles. The maximum Gasteiger partial charge on any atom is 0.274 e. The van der Waals surface area contributed by atoms with E-state index in [2.05, 4.69) is 20.6 Å². The van der Waals surface area contributed by atoms with Gasteiger partial charge in [-0.25, -0.2) is 27.3 Å². The van der Waals surface area contributed by atoms with E-state index in [1.807, 2.05) is 0 Å². The zero-order valence-corrected chi connectivity index (χ0v) is 17.2. The van der Waals surface area contributed by atoms with Gasteiger partial charge in [-0.15, -0.1) is 0 Å². The molecule has 3 heterocycles. The van der Waals surface area contributed by atoms with Gasteiger partial charge in [0.15, 0.2) is 10.6 Å². The Morgan fingerprint density at radius 2 is 2.17 bits per heavy atom. The van der Waals surface area contributed by atoms with Gasteiger partial charge >= 0.3 is 0 Å². The number of pyridine rings is 2. The van der Waals surface area contributed by atoms with Crippen LogP contribution in [0.4, 0.5) is 14.5 Å². The van der Waals surface area contributed by atoms with Crippen molar-refractivity contribution in [1.29, 1.82) is 0 Å². The van der Waals surface area contributed by atoms with E-state index in [-0.39, 0.29) is 40.8 Å². The molecule has 0 spiro atoms. The minimum atomic E-state index is -4.11. The van der Waals surface area contributed by atoms with E-state index in [0.29, 0.717) is 6.54 Å². The molecule has 1 fully saturated rings. The van der Waals surface area contributed by atoms with Crippen molar-refractivity contribution in [1.82, 2.24) is 15.3 Å². The molecule has 1 aliphatic heterocycles. The molecule has 2 aromatic rings. The SMILES string of the molecule is Cc1nc([C@@]2(C(F)F)CNCCO2)c(C(=O)Nc2ccnc(S(N)(=O)=O)c2)cc1Cl. The number of sulfonamides is 1. The van der Waals surface area contributed by atoms with Gasteiger partial charge in [-0.05, 0) is 19.1 Å². The average molecular weight is 462 g/mol. The van der Waals surface area contributed by atoms with Crippen LogP contribution in [0.15, 0.2) is 29.4 Å². The molecule has 3 rings (SSSR count). The fraction of sp³-hybridized carbons (Fsp3) is 0.353. The van der Waals surface area contributed by atoms with Crippen molar-refractivity contribution in [2.45, 2.75) is 24.0 Å². The third kappa shape index (κ3) is 4.42. The third-order valence-corrected chi connectivity index (χ3v) is 5.65. The second-order valence-corrected chi connectivity index (χ2v) is 8.46. The van der Waals surface area contributed by atoms with E-state index < -0.39 is 33.0 Å². The summed E-state index contributed by atoms with van der Waals surface area (Å²) in [6.45, 7) is 1.63. The highest BCUT2D eigenvalue weighted by atomic mass is 35.5. The summed E-state index contributed by atoms with van der Waals surface area (Å²) in [6, 6.07) is 3.58. The normalized spacial score (nSPS) is 19.7. The number of halogens is 3. The molecule has 0 aliphatic carbocycles. The lowest BCUT2D eigenvalue weighted by atomic mass is 9.92. The largest absolute Gasteiger partial charge is 0.360 e. The molecule has 30 heavy (non-hydrogen) atoms. The molecule has 1 atom stereocenters. The minimum absolute atomic E-state index is 0.00315. The molecular formula is C17H18ClF2N5O4S. The number of hydrogen-bond acceptors (Lipinski definition) is 7. The summed E-state index contributed by atoms with van der Waals surface area (Å²) in [5.41, 5.74) is -2.37. The summed E-state index contributed by atoms with van der Waals surface area (Å²) in [6.07, 6.45) is -1.86. The Hall–Kier alpha value is -2.25. The first-order valence-electron chi connectivity index (χ1n) is 8.65. The van der Waals surface area contributed by atoms with Crippen LogP contribution in [0.1, 0.15) is 21.7 Å². The molecule has 4 N–H and O–H groups in total. The van der Waals surface area contributed by atoms with Crippen LogP contribution in [0.5, 0.6) is 0 Å². The number of morpholine rings is 1. The summed E-state index contributed by atoms with van der Waals surface area (Å²) in [5, 5.41) is 9.93. The molecule has 0 aromatic carbocycles. The van der Waals surface area contributed by atoms with Crippen LogP contribution >= 0.6 is 11.6 Å². The van der Waals surface area contributed by atoms with Crippen LogP contribution in [-0.2, 0) is 20.4 Å². The van der Waals surface area contributed by atoms with Gasteiger partial charge in [0.2, 0.25) is 0 Å². The van der Waals surface area contributed by atoms with Crippen molar-refractivity contribution in [3.05, 3.63) is 46.4 Å². The number of rotatable bonds is 5. The average Bonchev–Trinajstić information content (AvgIpc) is 2.69. The van der Waals surface area contributed by atoms with Gasteiger partial charge in [0.05, 0.1) is 28.6 Å². The fourth-order valence-electron chi connectivity index (χ4n) is 2.94. The Kier molecular flexibility index (Phi) is 6.34. The van der Waals surface area contributed by atoms with E-state index >= 15 is 0 Å². The van der Waals surface area contributed by atoms with E-state index in [4.69, 9.17) is 21.5 Å². The summed E-state index contributed by atoms with van der Waals surface area (Å²) in [4.78, 5) is 20.7. The number of carbonyl (C=O) groups excluding carboxylic acids is 1. The molecule has 0 bridgehead atoms. The van der Waals surface area contributed by atoms with Crippen molar-refractivity contribution in [3.8, 4) is 0 Å². The number of nitrogens with one attached hydrogen (secondary N) is 2. The standard InChI is InChI=1S/C17H18ClF2N5O4S/c1-9-12(18)7-11(14(24-9)17(16(19)20)8-22-4-5-29-17)15(26)25-10-2-3-23-13(6-10)30(21,27)28/h2-3,6-7,16,22H,4-5,8H2,1H3,(H2,21,27,28)(H,23,25,26)/t17-/m1/s1. The predicted molar refractivity (Wildman–Crippen MR) is 104 cm³/mol. The third-order valence-electron chi connectivity index (χ3n) is 4.46. The number of aryl methyl sites for hydroxylation is 1. The fourth-order valence-corrected chi connectivity index (χ4v) is 3.59. The zero-order chi connectivity index (χ0) is 22.1. The molecule has 162 valence electrons. The van der Waals surface area contributed by atoms with E-state index in [1.165, 1.54) is 19.1 Å². The molecule has 1 amide bonds. The minimum Gasteiger partial charge on any atom is -0.360 e. The Balaban J connectivity index is 2.05. The van der Waals surface area contributed by atoms with Crippen LogP contribution in [0.2, 0.25) is 5.02 Å². The number of hydrogen-bond donors (Lipinski definition) is 3. The lowest BCUT2D eigenvalue weighted by Crippen LogP contribution is -2.53. The quantitative estimate of drug-likeness (QED) is 0.612. The number of alkyl halides is 2. The van der Waals surface area contributed by atoms with Gasteiger partial charge in [-0.2, -0.15) is 0 Å². The van der Waals surface area contributed by atoms with Crippen LogP contribution in [0.25, 0.3) is 0 Å². The second-order valence-electron chi connectivity index (χ2n) is 6.55. The van der Waals surface area contributed by atoms with Gasteiger partial charge < -0.3 is 15.4 Å². The topological polar surface area (TPSA) is 136 Å². The Labute approximate surface area is 176 Å². The van der Waals surface area contributed by atoms with Crippen molar-refractivity contribution >= 4 is 33.2 Å². The van der Waals surface area contributed by atoms with E-state index in [0.717, 1.165) is 12.3 Å². The van der Waals surface area contributed by atoms with Crippen LogP contribution < -0.4 is 15.8 Å². The molecule has 2 aromatic heterocycles. The highest BCUT2D eigenvalue weighted by Crippen LogP contribution is 2.36. The van der Waals surface area contributed by atoms with Crippen LogP contribution in [0, 0.1) is 6.92 Å². The van der Waals surface area contributed by atoms with E-state index in [1.54, 1.807) is 0 Å². The lowest BCUT2D eigenvalue weighted by Gasteiger charge is -2.37. The number of nitrogens with zero attached hydrogens (tertiary/aromatic N) is 2. The number of ether oxygens (including phenoxy) is 1. The van der Waals surface area contributed by atoms with Gasteiger partial charge in [-0.1, -0.05) is 11.6 Å². The molecule has 13 heteroatoms. The van der Waals surface area contributed by atoms with Gasteiger partial charge in [-0.3, -0.25) is 9.78 Å². The van der Waals surface area contributed by atoms with Crippen molar-refractivity contribution in [2.75, 3.05) is 25.0 Å². The number of carbonyl (C=O) groups is 1. The highest BCUT2D eigenvalue weighted by molar-refractivity contribution is 7.89. The molecule has 0 unspecified atom stereocenters. The maximum atomic E-state index is 14.1. The summed E-state index contributed by atoms with van der Waals surface area (Å²) in [7, 11) is -4.11. The first-order valence-corrected chi connectivity index (χ1v) is 10.6. The van der Waals surface area contributed by atoms with Gasteiger partial charge in [0.1, 0.15) is 0 Å². The first kappa shape index (κ1) is 22.4. The smallest absolute Gasteiger partial charge is 0.274 e. The monoisotopic (exact) mass is 461 g/mol. The number of primary sulfonamides is 1. The summed E-state index contributed by atoms with van der Waals surface area (Å²) >= 11 is 6.09. The Morgan fingerprint density at radius 3 is 2.77 bits per heavy atom. The van der Waals surface area contributed by atoms with Crippen molar-refractivity contribution < 1.29 is 26.7 Å². The molecule has 1 aliphatic rings. The Morgan fingerprint density at radius 1 is 1.43 bits per heavy atom. The van der Waals surface area contributed by atoms with E-state index in [9.17, 15) is 22.0 Å². The molecule has 0 saturated carbocycles. The number of aromatic nitrogens is 2. The molecular weight excluding hydrogens is 444 g/mol. The summed E-state index contributed by atoms with van der Waals surface area (Å²) in [5.74, 6) is -0.833. The Bertz CT molecular complexity index is 1080. The number of anilines is 1. The lowest BCUT2D eigenvalue weighted by molar-refractivity contribution is -0.162. The molecule has 9 nitrogen and oxygen atoms in total. The van der Waals surface area contributed by atoms with Crippen molar-refractivity contribution in [3.63, 3.8) is 0 Å². The van der Waals surface area contributed by atoms with Gasteiger partial charge in [0, 0.05) is 31.0 Å². The second kappa shape index (κ2) is 8.47. The number of amides is 1.